The van der Waals surface area contributed by atoms with Gasteiger partial charge in [-0.3, -0.25) is 4.55 Å². The number of fused-ring (bicyclic) bond motifs is 1. The number of hydrogen-bond acceptors (Lipinski definition) is 19. The molecule has 0 spiro atoms. The predicted molar refractivity (Wildman–Crippen MR) is 142 cm³/mol. The van der Waals surface area contributed by atoms with E-state index in [-0.39, 0.29) is 54.0 Å². The maximum Gasteiger partial charge on any atom is 0.397 e. The van der Waals surface area contributed by atoms with Crippen molar-refractivity contribution < 1.29 is 59.9 Å². The first-order valence-electron chi connectivity index (χ1n) is 10.5. The molecule has 41 heavy (non-hydrogen) atoms. The Balaban J connectivity index is 2.07. The Morgan fingerprint density at radius 3 is 2.20 bits per heavy atom. The van der Waals surface area contributed by atoms with E-state index >= 15 is 0 Å². The minimum absolute atomic E-state index is 0.00354. The average molecular weight is 654 g/mol. The zero-order valence-electron chi connectivity index (χ0n) is 20.3. The van der Waals surface area contributed by atoms with Gasteiger partial charge in [-0.15, -0.1) is 18.9 Å². The van der Waals surface area contributed by atoms with Gasteiger partial charge in [-0.2, -0.15) is 18.6 Å². The van der Waals surface area contributed by atoms with Crippen LogP contribution < -0.4 is 5.73 Å². The van der Waals surface area contributed by atoms with Gasteiger partial charge in [0.05, 0.1) is 56.8 Å². The number of nitrogen functional groups attached to an aromatic ring is 1. The lowest BCUT2D eigenvalue weighted by Gasteiger charge is -2.12. The monoisotopic (exact) mass is 653 g/mol. The van der Waals surface area contributed by atoms with Crippen LogP contribution >= 0.6 is 24.1 Å². The van der Waals surface area contributed by atoms with Gasteiger partial charge in [0.25, 0.3) is 0 Å². The smallest absolute Gasteiger partial charge is 0.397 e. The van der Waals surface area contributed by atoms with Crippen molar-refractivity contribution in [3.05, 3.63) is 36.4 Å². The fraction of sp³-hybridized carbons (Fsp3) is 0.158. The van der Waals surface area contributed by atoms with Crippen molar-refractivity contribution in [2.45, 2.75) is 14.7 Å². The predicted octanol–water partition coefficient (Wildman–Crippen LogP) is 4.71. The van der Waals surface area contributed by atoms with Crippen LogP contribution in [0.5, 0.6) is 5.75 Å². The third-order valence-corrected chi connectivity index (χ3v) is 8.27. The van der Waals surface area contributed by atoms with Gasteiger partial charge in [0, 0.05) is 17.8 Å². The summed E-state index contributed by atoms with van der Waals surface area (Å²) in [6.07, 6.45) is 0. The van der Waals surface area contributed by atoms with Crippen LogP contribution in [0.3, 0.4) is 0 Å². The lowest BCUT2D eigenvalue weighted by Crippen LogP contribution is -2.15. The average Bonchev–Trinajstić information content (AvgIpc) is 2.91. The van der Waals surface area contributed by atoms with Crippen molar-refractivity contribution in [3.63, 3.8) is 0 Å². The number of nitrogens with zero attached hydrogens (tertiary/aromatic N) is 4. The first-order chi connectivity index (χ1) is 19.4. The van der Waals surface area contributed by atoms with Crippen LogP contribution in [0.4, 0.5) is 22.7 Å². The van der Waals surface area contributed by atoms with E-state index in [1.54, 1.807) is 0 Å². The number of phenolic OH excluding ortho intramolecular Hbond substituents is 1. The first kappa shape index (κ1) is 32.5. The molecule has 3 aromatic carbocycles. The van der Waals surface area contributed by atoms with Gasteiger partial charge in [0.1, 0.15) is 17.1 Å². The number of benzene rings is 3. The summed E-state index contributed by atoms with van der Waals surface area (Å²) in [5.41, 5.74) is 6.28. The minimum atomic E-state index is -4.85. The van der Waals surface area contributed by atoms with E-state index in [2.05, 4.69) is 43.4 Å². The number of phenols is 1. The van der Waals surface area contributed by atoms with Gasteiger partial charge in [-0.05, 0) is 36.4 Å². The Bertz CT molecular complexity index is 1680. The number of nitrogens with two attached hydrogens (primary N) is 1. The molecule has 0 bridgehead atoms. The van der Waals surface area contributed by atoms with Crippen molar-refractivity contribution in [2.24, 2.45) is 20.5 Å². The van der Waals surface area contributed by atoms with Crippen molar-refractivity contribution in [2.75, 3.05) is 25.1 Å². The second-order valence-corrected chi connectivity index (χ2v) is 12.0. The van der Waals surface area contributed by atoms with E-state index in [9.17, 15) is 21.9 Å². The number of aromatic hydroxyl groups is 1. The summed E-state index contributed by atoms with van der Waals surface area (Å²) >= 11 is 0.858. The quantitative estimate of drug-likeness (QED) is 0.0393. The molecule has 0 fully saturated rings. The molecule has 0 heterocycles. The lowest BCUT2D eigenvalue weighted by molar-refractivity contribution is -0.432. The summed E-state index contributed by atoms with van der Waals surface area (Å²) < 4.78 is 68.2. The third kappa shape index (κ3) is 8.51. The zero-order valence-corrected chi connectivity index (χ0v) is 23.6. The fourth-order valence-corrected chi connectivity index (χ4v) is 5.75. The van der Waals surface area contributed by atoms with E-state index in [1.807, 2.05) is 0 Å². The fourth-order valence-electron chi connectivity index (χ4n) is 3.20. The molecule has 0 aliphatic carbocycles. The molecule has 0 saturated heterocycles. The van der Waals surface area contributed by atoms with Gasteiger partial charge in [0.15, 0.2) is 15.6 Å². The second-order valence-electron chi connectivity index (χ2n) is 7.32. The molecule has 0 saturated carbocycles. The van der Waals surface area contributed by atoms with Crippen LogP contribution in [0.1, 0.15) is 0 Å². The van der Waals surface area contributed by atoms with Crippen molar-refractivity contribution in [1.82, 2.24) is 0 Å². The Kier molecular flexibility index (Phi) is 11.3. The van der Waals surface area contributed by atoms with Gasteiger partial charge in [-0.1, -0.05) is 10.1 Å². The summed E-state index contributed by atoms with van der Waals surface area (Å²) in [5, 5.41) is 51.3. The molecule has 0 aromatic heterocycles. The van der Waals surface area contributed by atoms with Gasteiger partial charge >= 0.3 is 10.4 Å². The van der Waals surface area contributed by atoms with Crippen molar-refractivity contribution in [1.29, 1.82) is 0 Å². The molecule has 3 aromatic rings. The molecule has 0 atom stereocenters. The standard InChI is InChI=1S/C19H19N5O13S4/c1-21-23-18-16(39-37-35-27)9-12-11(19(18)25)3-4-13(20)17(12)24-22-14-5-2-10(8-15(14)38-36-34-26)40(28,29)7-6-33-41(30,31)32/h2-5,8-9,25-27H,6-7,20H2,1H3,(H,30,31,32). The molecule has 3 rings (SSSR count). The summed E-state index contributed by atoms with van der Waals surface area (Å²) in [4.78, 5) is -0.204. The largest absolute Gasteiger partial charge is 0.505 e. The summed E-state index contributed by atoms with van der Waals surface area (Å²) in [6, 6.07) is 7.80. The van der Waals surface area contributed by atoms with Crippen LogP contribution in [0.2, 0.25) is 0 Å². The molecule has 22 heteroatoms. The number of sulfone groups is 1. The van der Waals surface area contributed by atoms with Crippen molar-refractivity contribution >= 4 is 77.8 Å². The SMILES string of the molecule is CN=Nc1c(SOOO)cc2c(N=Nc3ccc(S(=O)(=O)CCOS(=O)(=O)O)cc3SOOO)c(N)ccc2c1O. The molecule has 6 N–H and O–H groups in total. The van der Waals surface area contributed by atoms with Gasteiger partial charge in [-0.25, -0.2) is 23.1 Å². The number of rotatable bonds is 14. The van der Waals surface area contributed by atoms with Crippen LogP contribution in [0.15, 0.2) is 71.5 Å². The van der Waals surface area contributed by atoms with Crippen LogP contribution in [-0.2, 0) is 43.2 Å². The summed E-state index contributed by atoms with van der Waals surface area (Å²) in [5.74, 6) is -1.14. The highest BCUT2D eigenvalue weighted by atomic mass is 32.3. The molecule has 0 aliphatic rings. The molecule has 222 valence electrons. The molecule has 18 nitrogen and oxygen atoms in total. The van der Waals surface area contributed by atoms with Crippen molar-refractivity contribution in [3.8, 4) is 5.75 Å². The summed E-state index contributed by atoms with van der Waals surface area (Å²) in [6.45, 7) is -0.856. The highest BCUT2D eigenvalue weighted by Crippen LogP contribution is 2.47. The second kappa shape index (κ2) is 14.3. The van der Waals surface area contributed by atoms with Gasteiger partial charge in [0.2, 0.25) is 0 Å². The Hall–Kier alpha value is -3.00. The molecule has 0 unspecified atom stereocenters. The molecule has 0 amide bonds. The normalized spacial score (nSPS) is 12.7. The van der Waals surface area contributed by atoms with Crippen LogP contribution in [0, 0.1) is 0 Å². The third-order valence-electron chi connectivity index (χ3n) is 4.88. The molecule has 0 aliphatic heterocycles. The van der Waals surface area contributed by atoms with E-state index in [4.69, 9.17) is 20.8 Å². The maximum absolute atomic E-state index is 12.6. The lowest BCUT2D eigenvalue weighted by atomic mass is 10.1. The Labute approximate surface area is 239 Å². The molecule has 0 radical (unpaired) electrons. The van der Waals surface area contributed by atoms with Gasteiger partial charge < -0.3 is 10.8 Å². The molecular formula is C19H19N5O13S4. The van der Waals surface area contributed by atoms with E-state index < -0.39 is 32.6 Å². The number of azo groups is 2. The topological polar surface area (TPSA) is 271 Å². The number of hydrogen-bond donors (Lipinski definition) is 5. The van der Waals surface area contributed by atoms with E-state index in [0.717, 1.165) is 12.1 Å². The number of anilines is 1. The zero-order chi connectivity index (χ0) is 30.2. The summed E-state index contributed by atoms with van der Waals surface area (Å²) in [7, 11) is -7.60. The van der Waals surface area contributed by atoms with Crippen LogP contribution in [-0.4, -0.2) is 56.4 Å². The Morgan fingerprint density at radius 1 is 0.878 bits per heavy atom. The van der Waals surface area contributed by atoms with E-state index in [1.165, 1.54) is 31.3 Å². The highest BCUT2D eigenvalue weighted by molar-refractivity contribution is 7.95. The highest BCUT2D eigenvalue weighted by Gasteiger charge is 2.21. The maximum atomic E-state index is 12.6. The molecular weight excluding hydrogens is 634 g/mol. The van der Waals surface area contributed by atoms with Crippen LogP contribution in [0.25, 0.3) is 10.8 Å². The first-order valence-corrected chi connectivity index (χ1v) is 15.0. The Morgan fingerprint density at radius 2 is 1.56 bits per heavy atom. The van der Waals surface area contributed by atoms with E-state index in [0.29, 0.717) is 24.1 Å². The minimum Gasteiger partial charge on any atom is -0.505 e.